The zero-order chi connectivity index (χ0) is 18.7. The topological polar surface area (TPSA) is 44.6 Å². The lowest BCUT2D eigenvalue weighted by atomic mass is 10.1. The van der Waals surface area contributed by atoms with Gasteiger partial charge in [-0.3, -0.25) is 5.43 Å². The molecule has 2 aromatic carbocycles. The van der Waals surface area contributed by atoms with Crippen LogP contribution in [0.4, 0.5) is 0 Å². The second kappa shape index (κ2) is 8.37. The summed E-state index contributed by atoms with van der Waals surface area (Å²) in [4.78, 5) is 1.16. The Morgan fingerprint density at radius 3 is 2.77 bits per heavy atom. The van der Waals surface area contributed by atoms with Crippen molar-refractivity contribution in [1.29, 1.82) is 0 Å². The number of allylic oxidation sites excluding steroid dienone is 1. The minimum Gasteiger partial charge on any atom is -0.506 e. The smallest absolute Gasteiger partial charge is 0.144 e. The molecule has 0 aliphatic heterocycles. The minimum atomic E-state index is 0.199. The number of nitrogens with zero attached hydrogens (tertiary/aromatic N) is 1. The number of nitrogens with one attached hydrogen (secondary N) is 1. The number of hydrogen-bond acceptors (Lipinski definition) is 4. The zero-order valence-corrected chi connectivity index (χ0v) is 18.4. The Bertz CT molecular complexity index is 975. The van der Waals surface area contributed by atoms with Crippen LogP contribution < -0.4 is 5.43 Å². The maximum atomic E-state index is 9.95. The Morgan fingerprint density at radius 2 is 2.04 bits per heavy atom. The van der Waals surface area contributed by atoms with Crippen molar-refractivity contribution in [3.63, 3.8) is 0 Å². The molecule has 0 radical (unpaired) electrons. The van der Waals surface area contributed by atoms with E-state index in [1.165, 1.54) is 10.1 Å². The molecule has 0 bridgehead atoms. The van der Waals surface area contributed by atoms with Crippen molar-refractivity contribution in [1.82, 2.24) is 5.43 Å². The van der Waals surface area contributed by atoms with Crippen LogP contribution in [0.5, 0.6) is 5.75 Å². The largest absolute Gasteiger partial charge is 0.506 e. The predicted molar refractivity (Wildman–Crippen MR) is 119 cm³/mol. The van der Waals surface area contributed by atoms with Crippen LogP contribution in [0.15, 0.2) is 56.5 Å². The average Bonchev–Trinajstić information content (AvgIpc) is 3.07. The first-order valence-corrected chi connectivity index (χ1v) is 10.6. The Hall–Kier alpha value is -1.63. The van der Waals surface area contributed by atoms with Crippen LogP contribution in [-0.4, -0.2) is 11.3 Å². The molecule has 3 rings (SSSR count). The van der Waals surface area contributed by atoms with Crippen molar-refractivity contribution in [2.24, 2.45) is 5.10 Å². The first-order chi connectivity index (χ1) is 12.5. The lowest BCUT2D eigenvalue weighted by Gasteiger charge is -2.08. The van der Waals surface area contributed by atoms with Gasteiger partial charge in [0.15, 0.2) is 0 Å². The number of aromatic hydroxyl groups is 1. The van der Waals surface area contributed by atoms with Gasteiger partial charge in [-0.25, -0.2) is 0 Å². The maximum Gasteiger partial charge on any atom is 0.144 e. The van der Waals surface area contributed by atoms with E-state index in [0.29, 0.717) is 8.95 Å². The van der Waals surface area contributed by atoms with Crippen molar-refractivity contribution >= 4 is 65.2 Å². The second-order valence-corrected chi connectivity index (χ2v) is 8.51. The van der Waals surface area contributed by atoms with Crippen LogP contribution in [0, 0.1) is 6.92 Å². The molecule has 0 fully saturated rings. The summed E-state index contributed by atoms with van der Waals surface area (Å²) in [6.45, 7) is 4.05. The predicted octanol–water partition coefficient (Wildman–Crippen LogP) is 6.81. The Morgan fingerprint density at radius 1 is 1.27 bits per heavy atom. The van der Waals surface area contributed by atoms with E-state index >= 15 is 0 Å². The van der Waals surface area contributed by atoms with Gasteiger partial charge in [-0.05, 0) is 79.9 Å². The molecule has 26 heavy (non-hydrogen) atoms. The van der Waals surface area contributed by atoms with E-state index in [9.17, 15) is 5.11 Å². The van der Waals surface area contributed by atoms with Gasteiger partial charge in [0.1, 0.15) is 5.75 Å². The van der Waals surface area contributed by atoms with Crippen LogP contribution in [0.2, 0.25) is 0 Å². The summed E-state index contributed by atoms with van der Waals surface area (Å²) in [5.41, 5.74) is 6.02. The minimum absolute atomic E-state index is 0.199. The number of hydrazone groups is 1. The maximum absolute atomic E-state index is 9.95. The number of rotatable bonds is 5. The fourth-order valence-corrected chi connectivity index (χ4v) is 4.75. The number of phenolic OH excluding ortho intramolecular Hbond substituents is 1. The molecule has 0 aliphatic rings. The van der Waals surface area contributed by atoms with E-state index in [1.54, 1.807) is 17.6 Å². The summed E-state index contributed by atoms with van der Waals surface area (Å²) >= 11 is 8.52. The highest BCUT2D eigenvalue weighted by molar-refractivity contribution is 9.11. The van der Waals surface area contributed by atoms with Crippen molar-refractivity contribution in [3.8, 4) is 5.75 Å². The summed E-state index contributed by atoms with van der Waals surface area (Å²) in [6, 6.07) is 12.4. The molecule has 0 saturated heterocycles. The molecule has 0 saturated carbocycles. The molecule has 2 N–H and O–H groups in total. The van der Waals surface area contributed by atoms with E-state index in [-0.39, 0.29) is 5.75 Å². The van der Waals surface area contributed by atoms with Gasteiger partial charge in [0.25, 0.3) is 0 Å². The van der Waals surface area contributed by atoms with Crippen LogP contribution in [-0.2, 0) is 0 Å². The van der Waals surface area contributed by atoms with E-state index in [0.717, 1.165) is 28.1 Å². The Kier molecular flexibility index (Phi) is 6.16. The number of hydrogen-bond donors (Lipinski definition) is 2. The fraction of sp³-hybridized carbons (Fsp3) is 0.150. The monoisotopic (exact) mass is 492 g/mol. The number of phenols is 1. The van der Waals surface area contributed by atoms with Gasteiger partial charge in [0.05, 0.1) is 25.7 Å². The average molecular weight is 494 g/mol. The number of benzene rings is 2. The van der Waals surface area contributed by atoms with Crippen molar-refractivity contribution < 1.29 is 5.11 Å². The Labute approximate surface area is 173 Å². The number of fused-ring (bicyclic) bond motifs is 1. The summed E-state index contributed by atoms with van der Waals surface area (Å²) in [5.74, 6) is 0.199. The van der Waals surface area contributed by atoms with Gasteiger partial charge in [0.2, 0.25) is 0 Å². The van der Waals surface area contributed by atoms with E-state index < -0.39 is 0 Å². The van der Waals surface area contributed by atoms with Gasteiger partial charge in [-0.2, -0.15) is 5.10 Å². The summed E-state index contributed by atoms with van der Waals surface area (Å²) < 4.78 is 2.56. The van der Waals surface area contributed by atoms with Crippen molar-refractivity contribution in [2.75, 3.05) is 0 Å². The molecule has 6 heteroatoms. The van der Waals surface area contributed by atoms with Gasteiger partial charge < -0.3 is 5.11 Å². The van der Waals surface area contributed by atoms with Gasteiger partial charge in [-0.15, -0.1) is 11.3 Å². The van der Waals surface area contributed by atoms with Crippen LogP contribution in [0.25, 0.3) is 15.8 Å². The third-order valence-electron chi connectivity index (χ3n) is 3.97. The highest BCUT2D eigenvalue weighted by Gasteiger charge is 2.10. The summed E-state index contributed by atoms with van der Waals surface area (Å²) in [7, 11) is 0. The lowest BCUT2D eigenvalue weighted by molar-refractivity contribution is 0.468. The van der Waals surface area contributed by atoms with Gasteiger partial charge in [0, 0.05) is 4.70 Å². The first-order valence-electron chi connectivity index (χ1n) is 8.17. The zero-order valence-electron chi connectivity index (χ0n) is 14.4. The summed E-state index contributed by atoms with van der Waals surface area (Å²) in [6.07, 6.45) is 4.82. The molecular formula is C20H18Br2N2OS. The van der Waals surface area contributed by atoms with E-state index in [1.807, 2.05) is 13.0 Å². The molecule has 0 amide bonds. The van der Waals surface area contributed by atoms with Crippen LogP contribution in [0.1, 0.15) is 29.3 Å². The number of thiophene rings is 1. The molecule has 0 unspecified atom stereocenters. The molecule has 0 spiro atoms. The fourth-order valence-electron chi connectivity index (χ4n) is 2.55. The lowest BCUT2D eigenvalue weighted by Crippen LogP contribution is -2.04. The van der Waals surface area contributed by atoms with Crippen molar-refractivity contribution in [3.05, 3.63) is 67.4 Å². The van der Waals surface area contributed by atoms with Crippen molar-refractivity contribution in [2.45, 2.75) is 20.3 Å². The first kappa shape index (κ1) is 19.1. The molecule has 0 aliphatic carbocycles. The van der Waals surface area contributed by atoms with Crippen LogP contribution >= 0.6 is 43.2 Å². The second-order valence-electron chi connectivity index (χ2n) is 5.78. The van der Waals surface area contributed by atoms with Crippen LogP contribution in [0.3, 0.4) is 0 Å². The van der Waals surface area contributed by atoms with Gasteiger partial charge in [-0.1, -0.05) is 31.2 Å². The molecule has 3 aromatic rings. The molecule has 1 heterocycles. The van der Waals surface area contributed by atoms with E-state index in [4.69, 9.17) is 0 Å². The highest BCUT2D eigenvalue weighted by Crippen LogP contribution is 2.36. The molecule has 134 valence electrons. The quantitative estimate of drug-likeness (QED) is 0.302. The van der Waals surface area contributed by atoms with Gasteiger partial charge >= 0.3 is 0 Å². The van der Waals surface area contributed by atoms with E-state index in [2.05, 4.69) is 85.7 Å². The molecule has 3 nitrogen and oxygen atoms in total. The third-order valence-corrected chi connectivity index (χ3v) is 6.69. The summed E-state index contributed by atoms with van der Waals surface area (Å²) in [5, 5.41) is 15.6. The number of halogens is 2. The highest BCUT2D eigenvalue weighted by atomic mass is 79.9. The normalized spacial score (nSPS) is 12.2. The SMILES string of the molecule is CC/C=C(/N/N=C/c1cc(Br)c(O)c(Br)c1C)c1cc2ccccc2s1. The third kappa shape index (κ3) is 4.03. The Balaban J connectivity index is 1.86. The molecular weight excluding hydrogens is 476 g/mol. The standard InChI is InChI=1S/C20H18Br2N2OS/c1-3-6-16(18-10-13-7-4-5-8-17(13)26-18)24-23-11-14-9-15(21)20(25)19(22)12(14)2/h4-11,24-25H,3H2,1-2H3/b16-6+,23-11+. The molecule has 0 atom stereocenters. The molecule has 1 aromatic heterocycles.